The molecule has 3 rings (SSSR count). The van der Waals surface area contributed by atoms with Gasteiger partial charge in [0.1, 0.15) is 0 Å². The third kappa shape index (κ3) is 3.07. The van der Waals surface area contributed by atoms with Gasteiger partial charge in [0, 0.05) is 17.7 Å². The molecule has 0 atom stereocenters. The summed E-state index contributed by atoms with van der Waals surface area (Å²) in [4.78, 5) is 5.39. The van der Waals surface area contributed by atoms with Crippen LogP contribution in [-0.2, 0) is 12.2 Å². The molecular formula is C14H16N2O3S. The Morgan fingerprint density at radius 3 is 2.85 bits per heavy atom. The van der Waals surface area contributed by atoms with Gasteiger partial charge >= 0.3 is 0 Å². The van der Waals surface area contributed by atoms with Crippen LogP contribution in [0.15, 0.2) is 27.6 Å². The standard InChI is InChI=1S/C14H16N2O3S/c1-2-13-15-14(19-16-13)9-20-10-4-5-11-12(8-10)18-7-3-6-17-11/h4-5,8H,2-3,6-7,9H2,1H3. The van der Waals surface area contributed by atoms with Crippen molar-refractivity contribution in [3.63, 3.8) is 0 Å². The van der Waals surface area contributed by atoms with Crippen molar-refractivity contribution in [3.05, 3.63) is 29.9 Å². The zero-order chi connectivity index (χ0) is 13.8. The first kappa shape index (κ1) is 13.3. The van der Waals surface area contributed by atoms with Crippen molar-refractivity contribution in [2.75, 3.05) is 13.2 Å². The lowest BCUT2D eigenvalue weighted by molar-refractivity contribution is 0.297. The number of thioether (sulfide) groups is 1. The van der Waals surface area contributed by atoms with Crippen LogP contribution < -0.4 is 9.47 Å². The van der Waals surface area contributed by atoms with E-state index >= 15 is 0 Å². The van der Waals surface area contributed by atoms with Crippen molar-refractivity contribution in [3.8, 4) is 11.5 Å². The quantitative estimate of drug-likeness (QED) is 0.807. The van der Waals surface area contributed by atoms with Gasteiger partial charge in [-0.3, -0.25) is 0 Å². The predicted octanol–water partition coefficient (Wildman–Crippen LogP) is 3.09. The summed E-state index contributed by atoms with van der Waals surface area (Å²) in [6.07, 6.45) is 1.71. The van der Waals surface area contributed by atoms with Gasteiger partial charge in [0.25, 0.3) is 0 Å². The summed E-state index contributed by atoms with van der Waals surface area (Å²) in [6, 6.07) is 5.98. The topological polar surface area (TPSA) is 57.4 Å². The van der Waals surface area contributed by atoms with Gasteiger partial charge in [0.15, 0.2) is 17.3 Å². The molecule has 0 N–H and O–H groups in total. The number of ether oxygens (including phenoxy) is 2. The average molecular weight is 292 g/mol. The fraction of sp³-hybridized carbons (Fsp3) is 0.429. The maximum atomic E-state index is 5.67. The van der Waals surface area contributed by atoms with Crippen molar-refractivity contribution >= 4 is 11.8 Å². The minimum Gasteiger partial charge on any atom is -0.490 e. The number of nitrogens with zero attached hydrogens (tertiary/aromatic N) is 2. The minimum absolute atomic E-state index is 0.652. The van der Waals surface area contributed by atoms with Crippen LogP contribution in [-0.4, -0.2) is 23.4 Å². The number of aromatic nitrogens is 2. The van der Waals surface area contributed by atoms with E-state index in [2.05, 4.69) is 10.1 Å². The van der Waals surface area contributed by atoms with Crippen molar-refractivity contribution in [1.82, 2.24) is 10.1 Å². The molecule has 2 aromatic rings. The van der Waals surface area contributed by atoms with Gasteiger partial charge in [-0.2, -0.15) is 4.98 Å². The van der Waals surface area contributed by atoms with Crippen molar-refractivity contribution in [2.24, 2.45) is 0 Å². The van der Waals surface area contributed by atoms with Crippen LogP contribution in [0.2, 0.25) is 0 Å². The number of fused-ring (bicyclic) bond motifs is 1. The maximum absolute atomic E-state index is 5.67. The number of hydrogen-bond acceptors (Lipinski definition) is 6. The van der Waals surface area contributed by atoms with Crippen molar-refractivity contribution in [2.45, 2.75) is 30.4 Å². The lowest BCUT2D eigenvalue weighted by Gasteiger charge is -2.08. The molecule has 0 spiro atoms. The largest absolute Gasteiger partial charge is 0.490 e. The number of aryl methyl sites for hydroxylation is 1. The Labute approximate surface area is 121 Å². The van der Waals surface area contributed by atoms with Crippen LogP contribution >= 0.6 is 11.8 Å². The summed E-state index contributed by atoms with van der Waals surface area (Å²) >= 11 is 1.65. The molecule has 1 aliphatic heterocycles. The van der Waals surface area contributed by atoms with E-state index < -0.39 is 0 Å². The Balaban J connectivity index is 1.67. The molecule has 2 heterocycles. The van der Waals surface area contributed by atoms with Crippen LogP contribution in [0.5, 0.6) is 11.5 Å². The predicted molar refractivity (Wildman–Crippen MR) is 75.3 cm³/mol. The SMILES string of the molecule is CCc1noc(CSc2ccc3c(c2)OCCCO3)n1. The lowest BCUT2D eigenvalue weighted by atomic mass is 10.3. The van der Waals surface area contributed by atoms with Gasteiger partial charge in [0.05, 0.1) is 19.0 Å². The molecule has 0 unspecified atom stereocenters. The molecule has 1 aliphatic rings. The highest BCUT2D eigenvalue weighted by Crippen LogP contribution is 2.34. The van der Waals surface area contributed by atoms with Gasteiger partial charge in [-0.25, -0.2) is 0 Å². The summed E-state index contributed by atoms with van der Waals surface area (Å²) in [5.74, 6) is 3.69. The zero-order valence-corrected chi connectivity index (χ0v) is 12.1. The molecule has 0 bridgehead atoms. The first-order chi connectivity index (χ1) is 9.85. The van der Waals surface area contributed by atoms with Crippen molar-refractivity contribution < 1.29 is 14.0 Å². The van der Waals surface area contributed by atoms with Gasteiger partial charge in [-0.05, 0) is 18.2 Å². The second-order valence-corrected chi connectivity index (χ2v) is 5.45. The van der Waals surface area contributed by atoms with Crippen LogP contribution in [0, 0.1) is 0 Å². The molecule has 0 radical (unpaired) electrons. The molecule has 6 heteroatoms. The first-order valence-electron chi connectivity index (χ1n) is 6.69. The van der Waals surface area contributed by atoms with E-state index in [9.17, 15) is 0 Å². The first-order valence-corrected chi connectivity index (χ1v) is 7.67. The molecule has 0 amide bonds. The van der Waals surface area contributed by atoms with Crippen LogP contribution in [0.3, 0.4) is 0 Å². The highest BCUT2D eigenvalue weighted by Gasteiger charge is 2.12. The molecule has 0 saturated carbocycles. The van der Waals surface area contributed by atoms with E-state index in [1.807, 2.05) is 25.1 Å². The molecule has 20 heavy (non-hydrogen) atoms. The second kappa shape index (κ2) is 6.17. The Kier molecular flexibility index (Phi) is 4.11. The van der Waals surface area contributed by atoms with Gasteiger partial charge in [-0.15, -0.1) is 11.8 Å². The van der Waals surface area contributed by atoms with E-state index in [0.717, 1.165) is 35.1 Å². The zero-order valence-electron chi connectivity index (χ0n) is 11.3. The molecule has 1 aromatic heterocycles. The van der Waals surface area contributed by atoms with E-state index in [1.54, 1.807) is 11.8 Å². The summed E-state index contributed by atoms with van der Waals surface area (Å²) in [5, 5.41) is 3.89. The lowest BCUT2D eigenvalue weighted by Crippen LogP contribution is -1.97. The third-order valence-electron chi connectivity index (χ3n) is 2.91. The summed E-state index contributed by atoms with van der Waals surface area (Å²) in [5.41, 5.74) is 0. The Hall–Kier alpha value is -1.69. The van der Waals surface area contributed by atoms with E-state index in [4.69, 9.17) is 14.0 Å². The highest BCUT2D eigenvalue weighted by atomic mass is 32.2. The van der Waals surface area contributed by atoms with E-state index in [1.165, 1.54) is 0 Å². The summed E-state index contributed by atoms with van der Waals surface area (Å²) in [7, 11) is 0. The normalized spacial score (nSPS) is 14.1. The van der Waals surface area contributed by atoms with Crippen LogP contribution in [0.1, 0.15) is 25.1 Å². The molecule has 5 nitrogen and oxygen atoms in total. The van der Waals surface area contributed by atoms with E-state index in [-0.39, 0.29) is 0 Å². The van der Waals surface area contributed by atoms with Crippen LogP contribution in [0.4, 0.5) is 0 Å². The Bertz CT molecular complexity index is 586. The summed E-state index contributed by atoms with van der Waals surface area (Å²) < 4.78 is 16.5. The van der Waals surface area contributed by atoms with Gasteiger partial charge < -0.3 is 14.0 Å². The molecule has 0 saturated heterocycles. The van der Waals surface area contributed by atoms with Crippen molar-refractivity contribution in [1.29, 1.82) is 0 Å². The molecule has 0 fully saturated rings. The second-order valence-electron chi connectivity index (χ2n) is 4.41. The van der Waals surface area contributed by atoms with E-state index in [0.29, 0.717) is 24.9 Å². The third-order valence-corrected chi connectivity index (χ3v) is 3.89. The van der Waals surface area contributed by atoms with Gasteiger partial charge in [-0.1, -0.05) is 12.1 Å². The minimum atomic E-state index is 0.652. The average Bonchev–Trinajstić information content (AvgIpc) is 2.82. The summed E-state index contributed by atoms with van der Waals surface area (Å²) in [6.45, 7) is 3.41. The van der Waals surface area contributed by atoms with Crippen LogP contribution in [0.25, 0.3) is 0 Å². The highest BCUT2D eigenvalue weighted by molar-refractivity contribution is 7.98. The number of benzene rings is 1. The van der Waals surface area contributed by atoms with Gasteiger partial charge in [0.2, 0.25) is 5.89 Å². The monoisotopic (exact) mass is 292 g/mol. The fourth-order valence-corrected chi connectivity index (χ4v) is 2.63. The maximum Gasteiger partial charge on any atom is 0.237 e. The molecular weight excluding hydrogens is 276 g/mol. The Morgan fingerprint density at radius 2 is 2.05 bits per heavy atom. The Morgan fingerprint density at radius 1 is 1.20 bits per heavy atom. The molecule has 1 aromatic carbocycles. The number of rotatable bonds is 4. The fourth-order valence-electron chi connectivity index (χ4n) is 1.87. The molecule has 0 aliphatic carbocycles. The smallest absolute Gasteiger partial charge is 0.237 e. The number of hydrogen-bond donors (Lipinski definition) is 0. The molecule has 106 valence electrons.